The van der Waals surface area contributed by atoms with E-state index in [4.69, 9.17) is 9.47 Å². The van der Waals surface area contributed by atoms with E-state index >= 15 is 0 Å². The summed E-state index contributed by atoms with van der Waals surface area (Å²) in [6.45, 7) is 5.36. The van der Waals surface area contributed by atoms with E-state index in [1.165, 1.54) is 11.1 Å². The fraction of sp³-hybridized carbons (Fsp3) is 0.650. The fourth-order valence-electron chi connectivity index (χ4n) is 4.06. The van der Waals surface area contributed by atoms with Crippen LogP contribution in [0.2, 0.25) is 0 Å². The lowest BCUT2D eigenvalue weighted by molar-refractivity contribution is -0.133. The fourth-order valence-corrected chi connectivity index (χ4v) is 4.06. The van der Waals surface area contributed by atoms with Crippen molar-refractivity contribution in [3.8, 4) is 0 Å². The van der Waals surface area contributed by atoms with Crippen LogP contribution in [0.25, 0.3) is 0 Å². The number of ether oxygens (including phenoxy) is 2. The Bertz CT molecular complexity index is 564. The molecular weight excluding hydrogens is 302 g/mol. The average Bonchev–Trinajstić information content (AvgIpc) is 2.97. The zero-order valence-corrected chi connectivity index (χ0v) is 14.9. The molecule has 0 radical (unpaired) electrons. The maximum absolute atomic E-state index is 12.5. The van der Waals surface area contributed by atoms with Gasteiger partial charge in [-0.25, -0.2) is 0 Å². The minimum atomic E-state index is 0.235. The lowest BCUT2D eigenvalue weighted by Gasteiger charge is -2.38. The molecule has 0 unspecified atom stereocenters. The number of methoxy groups -OCH3 is 1. The number of rotatable bonds is 5. The maximum Gasteiger partial charge on any atom is 0.222 e. The van der Waals surface area contributed by atoms with Gasteiger partial charge in [0.2, 0.25) is 5.91 Å². The molecule has 2 heterocycles. The first-order valence-corrected chi connectivity index (χ1v) is 9.05. The third-order valence-electron chi connectivity index (χ3n) is 5.68. The Labute approximate surface area is 145 Å². The van der Waals surface area contributed by atoms with E-state index in [-0.39, 0.29) is 11.5 Å². The van der Waals surface area contributed by atoms with Gasteiger partial charge in [0.25, 0.3) is 0 Å². The minimum absolute atomic E-state index is 0.235. The van der Waals surface area contributed by atoms with Crippen molar-refractivity contribution in [3.63, 3.8) is 0 Å². The first-order chi connectivity index (χ1) is 11.6. The van der Waals surface area contributed by atoms with Crippen molar-refractivity contribution < 1.29 is 14.3 Å². The van der Waals surface area contributed by atoms with Crippen LogP contribution in [0, 0.1) is 12.3 Å². The topological polar surface area (TPSA) is 38.8 Å². The van der Waals surface area contributed by atoms with Crippen LogP contribution < -0.4 is 0 Å². The molecule has 0 bridgehead atoms. The number of aryl methyl sites for hydroxylation is 2. The summed E-state index contributed by atoms with van der Waals surface area (Å²) < 4.78 is 11.1. The van der Waals surface area contributed by atoms with Crippen molar-refractivity contribution in [3.05, 3.63) is 35.4 Å². The van der Waals surface area contributed by atoms with Crippen LogP contribution in [0.3, 0.4) is 0 Å². The van der Waals surface area contributed by atoms with E-state index in [0.29, 0.717) is 18.9 Å². The molecule has 132 valence electrons. The molecule has 0 N–H and O–H groups in total. The Morgan fingerprint density at radius 2 is 2.08 bits per heavy atom. The predicted molar refractivity (Wildman–Crippen MR) is 94.0 cm³/mol. The number of piperidine rings is 1. The molecule has 0 aromatic heterocycles. The van der Waals surface area contributed by atoms with E-state index in [0.717, 1.165) is 45.4 Å². The number of amides is 1. The Morgan fingerprint density at radius 3 is 2.79 bits per heavy atom. The summed E-state index contributed by atoms with van der Waals surface area (Å²) in [6.07, 6.45) is 4.88. The Hall–Kier alpha value is -1.39. The molecule has 2 saturated heterocycles. The third-order valence-corrected chi connectivity index (χ3v) is 5.68. The molecule has 2 fully saturated rings. The van der Waals surface area contributed by atoms with E-state index in [9.17, 15) is 4.79 Å². The van der Waals surface area contributed by atoms with Crippen LogP contribution >= 0.6 is 0 Å². The zero-order valence-electron chi connectivity index (χ0n) is 14.9. The summed E-state index contributed by atoms with van der Waals surface area (Å²) in [5.41, 5.74) is 2.83. The van der Waals surface area contributed by atoms with Gasteiger partial charge < -0.3 is 14.4 Å². The molecule has 2 aliphatic heterocycles. The first kappa shape index (κ1) is 17.4. The van der Waals surface area contributed by atoms with Crippen LogP contribution in [0.15, 0.2) is 24.3 Å². The van der Waals surface area contributed by atoms with Crippen molar-refractivity contribution in [1.29, 1.82) is 0 Å². The number of carbonyl (C=O) groups excluding carboxylic acids is 1. The molecule has 4 heteroatoms. The Morgan fingerprint density at radius 1 is 1.33 bits per heavy atom. The van der Waals surface area contributed by atoms with E-state index < -0.39 is 0 Å². The second-order valence-corrected chi connectivity index (χ2v) is 7.40. The van der Waals surface area contributed by atoms with Gasteiger partial charge in [-0.3, -0.25) is 4.79 Å². The highest BCUT2D eigenvalue weighted by Gasteiger charge is 2.42. The highest BCUT2D eigenvalue weighted by molar-refractivity contribution is 5.76. The molecule has 1 aromatic rings. The molecule has 2 aliphatic rings. The van der Waals surface area contributed by atoms with Crippen molar-refractivity contribution in [2.75, 3.05) is 33.4 Å². The summed E-state index contributed by atoms with van der Waals surface area (Å²) in [6, 6.07) is 8.33. The van der Waals surface area contributed by atoms with Crippen LogP contribution in [0.1, 0.15) is 36.8 Å². The summed E-state index contributed by atoms with van der Waals surface area (Å²) in [7, 11) is 1.73. The molecule has 4 nitrogen and oxygen atoms in total. The monoisotopic (exact) mass is 331 g/mol. The van der Waals surface area contributed by atoms with Crippen molar-refractivity contribution in [1.82, 2.24) is 4.90 Å². The van der Waals surface area contributed by atoms with Crippen LogP contribution in [-0.4, -0.2) is 50.3 Å². The molecule has 1 atom stereocenters. The molecule has 3 rings (SSSR count). The van der Waals surface area contributed by atoms with Gasteiger partial charge in [0.15, 0.2) is 0 Å². The van der Waals surface area contributed by atoms with E-state index in [1.54, 1.807) is 7.11 Å². The summed E-state index contributed by atoms with van der Waals surface area (Å²) in [5.74, 6) is 0.292. The Kier molecular flexibility index (Phi) is 5.57. The molecule has 0 saturated carbocycles. The van der Waals surface area contributed by atoms with Crippen molar-refractivity contribution in [2.45, 2.75) is 45.1 Å². The minimum Gasteiger partial charge on any atom is -0.382 e. The lowest BCUT2D eigenvalue weighted by Crippen LogP contribution is -2.43. The second kappa shape index (κ2) is 7.66. The van der Waals surface area contributed by atoms with E-state index in [1.807, 2.05) is 17.0 Å². The summed E-state index contributed by atoms with van der Waals surface area (Å²) >= 11 is 0. The molecular formula is C20H29NO3. The maximum atomic E-state index is 12.5. The largest absolute Gasteiger partial charge is 0.382 e. The normalized spacial score (nSPS) is 22.9. The smallest absolute Gasteiger partial charge is 0.222 e. The van der Waals surface area contributed by atoms with Crippen LogP contribution in [0.4, 0.5) is 0 Å². The van der Waals surface area contributed by atoms with Crippen molar-refractivity contribution >= 4 is 5.91 Å². The highest BCUT2D eigenvalue weighted by atomic mass is 16.5. The average molecular weight is 331 g/mol. The highest BCUT2D eigenvalue weighted by Crippen LogP contribution is 2.42. The SMILES string of the molecule is COC[C@@H]1CC2(CCN(C(=O)CCc3ccccc3C)CC2)CO1. The van der Waals surface area contributed by atoms with Gasteiger partial charge in [0, 0.05) is 26.6 Å². The quantitative estimate of drug-likeness (QED) is 0.833. The van der Waals surface area contributed by atoms with Crippen LogP contribution in [0.5, 0.6) is 0 Å². The summed E-state index contributed by atoms with van der Waals surface area (Å²) in [5, 5.41) is 0. The molecule has 1 amide bonds. The number of nitrogens with zero attached hydrogens (tertiary/aromatic N) is 1. The van der Waals surface area contributed by atoms with Gasteiger partial charge in [0.05, 0.1) is 19.3 Å². The van der Waals surface area contributed by atoms with Gasteiger partial charge in [0.1, 0.15) is 0 Å². The zero-order chi connectivity index (χ0) is 17.0. The van der Waals surface area contributed by atoms with Crippen molar-refractivity contribution in [2.24, 2.45) is 5.41 Å². The number of carbonyl (C=O) groups is 1. The van der Waals surface area contributed by atoms with E-state index in [2.05, 4.69) is 19.1 Å². The number of likely N-dealkylation sites (tertiary alicyclic amines) is 1. The standard InChI is InChI=1S/C20H29NO3/c1-16-5-3-4-6-17(16)7-8-19(22)21-11-9-20(10-12-21)13-18(14-23-2)24-15-20/h3-6,18H,7-15H2,1-2H3/t18-/m0/s1. The first-order valence-electron chi connectivity index (χ1n) is 9.05. The van der Waals surface area contributed by atoms with Crippen LogP contribution in [-0.2, 0) is 20.7 Å². The van der Waals surface area contributed by atoms with Gasteiger partial charge in [-0.05, 0) is 49.1 Å². The van der Waals surface area contributed by atoms with Gasteiger partial charge in [-0.1, -0.05) is 24.3 Å². The number of hydrogen-bond acceptors (Lipinski definition) is 3. The van der Waals surface area contributed by atoms with Gasteiger partial charge >= 0.3 is 0 Å². The third kappa shape index (κ3) is 3.98. The van der Waals surface area contributed by atoms with Gasteiger partial charge in [-0.15, -0.1) is 0 Å². The molecule has 24 heavy (non-hydrogen) atoms. The lowest BCUT2D eigenvalue weighted by atomic mass is 9.76. The molecule has 1 spiro atoms. The molecule has 1 aromatic carbocycles. The molecule has 0 aliphatic carbocycles. The Balaban J connectivity index is 1.46. The predicted octanol–water partition coefficient (Wildman–Crippen LogP) is 2.97. The second-order valence-electron chi connectivity index (χ2n) is 7.40. The summed E-state index contributed by atoms with van der Waals surface area (Å²) in [4.78, 5) is 14.6. The number of benzene rings is 1. The van der Waals surface area contributed by atoms with Gasteiger partial charge in [-0.2, -0.15) is 0 Å². The number of hydrogen-bond donors (Lipinski definition) is 0.